The highest BCUT2D eigenvalue weighted by atomic mass is 16.6. The predicted molar refractivity (Wildman–Crippen MR) is 62.5 cm³/mol. The first-order chi connectivity index (χ1) is 8.15. The molecule has 2 rings (SSSR count). The zero-order valence-electron chi connectivity index (χ0n) is 10.6. The van der Waals surface area contributed by atoms with Crippen molar-refractivity contribution >= 4 is 5.97 Å². The topological polar surface area (TPSA) is 44.8 Å². The Kier molecular flexibility index (Phi) is 3.84. The lowest BCUT2D eigenvalue weighted by molar-refractivity contribution is -0.142. The third-order valence-electron chi connectivity index (χ3n) is 3.83. The molecule has 4 heteroatoms. The highest BCUT2D eigenvalue weighted by Gasteiger charge is 2.49. The van der Waals surface area contributed by atoms with Crippen molar-refractivity contribution < 1.29 is 19.0 Å². The van der Waals surface area contributed by atoms with Gasteiger partial charge in [0.05, 0.1) is 18.6 Å². The molecule has 5 atom stereocenters. The third-order valence-corrected chi connectivity index (χ3v) is 3.83. The second-order valence-corrected chi connectivity index (χ2v) is 4.81. The number of carbonyl (C=O) groups excluding carboxylic acids is 1. The standard InChI is InChI=1S/C13H20O4/c1-8(15-2)4-5-9-10-6-13(14)17-12(10)7-11(9)16-3/h4-5,8-12H,6-7H2,1-3H3/b5-4+/t8?,9-,10-,11?,12?/m1/s1. The second-order valence-electron chi connectivity index (χ2n) is 4.81. The fourth-order valence-electron chi connectivity index (χ4n) is 2.78. The molecule has 0 aromatic carbocycles. The van der Waals surface area contributed by atoms with Crippen LogP contribution in [0.25, 0.3) is 0 Å². The first-order valence-corrected chi connectivity index (χ1v) is 6.09. The average molecular weight is 240 g/mol. The maximum Gasteiger partial charge on any atom is 0.306 e. The summed E-state index contributed by atoms with van der Waals surface area (Å²) in [6.45, 7) is 1.99. The summed E-state index contributed by atoms with van der Waals surface area (Å²) in [7, 11) is 3.40. The van der Waals surface area contributed by atoms with Crippen LogP contribution in [0.3, 0.4) is 0 Å². The predicted octanol–water partition coefficient (Wildman–Crippen LogP) is 1.54. The lowest BCUT2D eigenvalue weighted by atomic mass is 9.91. The van der Waals surface area contributed by atoms with Crippen molar-refractivity contribution in [2.45, 2.75) is 38.1 Å². The maximum atomic E-state index is 11.3. The van der Waals surface area contributed by atoms with Crippen LogP contribution in [0.2, 0.25) is 0 Å². The van der Waals surface area contributed by atoms with Gasteiger partial charge in [0.2, 0.25) is 0 Å². The molecule has 17 heavy (non-hydrogen) atoms. The van der Waals surface area contributed by atoms with Gasteiger partial charge in [-0.1, -0.05) is 12.2 Å². The number of methoxy groups -OCH3 is 2. The minimum Gasteiger partial charge on any atom is -0.462 e. The summed E-state index contributed by atoms with van der Waals surface area (Å²) in [5, 5.41) is 0. The Balaban J connectivity index is 2.06. The third kappa shape index (κ3) is 2.53. The fourth-order valence-corrected chi connectivity index (χ4v) is 2.78. The summed E-state index contributed by atoms with van der Waals surface area (Å²) >= 11 is 0. The van der Waals surface area contributed by atoms with E-state index in [1.807, 2.05) is 13.0 Å². The minimum absolute atomic E-state index is 0.0416. The lowest BCUT2D eigenvalue weighted by Gasteiger charge is -2.18. The fraction of sp³-hybridized carbons (Fsp3) is 0.769. The summed E-state index contributed by atoms with van der Waals surface area (Å²) in [5.41, 5.74) is 0. The summed E-state index contributed by atoms with van der Waals surface area (Å²) < 4.78 is 16.0. The molecule has 1 heterocycles. The van der Waals surface area contributed by atoms with Crippen LogP contribution < -0.4 is 0 Å². The van der Waals surface area contributed by atoms with Gasteiger partial charge in [-0.3, -0.25) is 4.79 Å². The average Bonchev–Trinajstić information content (AvgIpc) is 2.81. The van der Waals surface area contributed by atoms with Gasteiger partial charge in [0.1, 0.15) is 6.10 Å². The molecule has 2 aliphatic rings. The molecule has 0 aromatic rings. The number of carbonyl (C=O) groups is 1. The van der Waals surface area contributed by atoms with E-state index >= 15 is 0 Å². The Morgan fingerprint density at radius 1 is 1.47 bits per heavy atom. The van der Waals surface area contributed by atoms with Crippen LogP contribution in [0.15, 0.2) is 12.2 Å². The van der Waals surface area contributed by atoms with Crippen LogP contribution in [-0.2, 0) is 19.0 Å². The van der Waals surface area contributed by atoms with E-state index in [9.17, 15) is 4.79 Å². The molecule has 0 amide bonds. The summed E-state index contributed by atoms with van der Waals surface area (Å²) in [6.07, 6.45) is 5.75. The van der Waals surface area contributed by atoms with E-state index in [-0.39, 0.29) is 36.1 Å². The lowest BCUT2D eigenvalue weighted by Crippen LogP contribution is -2.20. The van der Waals surface area contributed by atoms with E-state index in [0.29, 0.717) is 6.42 Å². The van der Waals surface area contributed by atoms with Gasteiger partial charge in [0, 0.05) is 32.5 Å². The quantitative estimate of drug-likeness (QED) is 0.552. The van der Waals surface area contributed by atoms with Crippen LogP contribution in [0, 0.1) is 11.8 Å². The van der Waals surface area contributed by atoms with Crippen molar-refractivity contribution in [2.24, 2.45) is 11.8 Å². The Bertz CT molecular complexity index is 313. The number of rotatable bonds is 4. The van der Waals surface area contributed by atoms with Crippen molar-refractivity contribution in [3.63, 3.8) is 0 Å². The molecular weight excluding hydrogens is 220 g/mol. The zero-order valence-corrected chi connectivity index (χ0v) is 10.6. The monoisotopic (exact) mass is 240 g/mol. The molecule has 0 bridgehead atoms. The van der Waals surface area contributed by atoms with Crippen LogP contribution in [-0.4, -0.2) is 38.5 Å². The molecule has 0 spiro atoms. The number of fused-ring (bicyclic) bond motifs is 1. The van der Waals surface area contributed by atoms with Crippen molar-refractivity contribution in [1.29, 1.82) is 0 Å². The second kappa shape index (κ2) is 5.19. The maximum absolute atomic E-state index is 11.3. The Morgan fingerprint density at radius 3 is 2.88 bits per heavy atom. The van der Waals surface area contributed by atoms with E-state index in [4.69, 9.17) is 14.2 Å². The smallest absolute Gasteiger partial charge is 0.306 e. The number of hydrogen-bond donors (Lipinski definition) is 0. The van der Waals surface area contributed by atoms with Crippen LogP contribution in [0.4, 0.5) is 0 Å². The highest BCUT2D eigenvalue weighted by molar-refractivity contribution is 5.72. The Labute approximate surface area is 102 Å². The van der Waals surface area contributed by atoms with Gasteiger partial charge in [0.15, 0.2) is 0 Å². The minimum atomic E-state index is -0.0762. The van der Waals surface area contributed by atoms with Crippen molar-refractivity contribution in [3.8, 4) is 0 Å². The van der Waals surface area contributed by atoms with Gasteiger partial charge in [-0.15, -0.1) is 0 Å². The molecule has 2 fully saturated rings. The van der Waals surface area contributed by atoms with Crippen molar-refractivity contribution in [2.75, 3.05) is 14.2 Å². The molecule has 1 aliphatic carbocycles. The molecule has 1 saturated carbocycles. The van der Waals surface area contributed by atoms with Crippen LogP contribution >= 0.6 is 0 Å². The van der Waals surface area contributed by atoms with Gasteiger partial charge in [0.25, 0.3) is 0 Å². The van der Waals surface area contributed by atoms with Crippen LogP contribution in [0.1, 0.15) is 19.8 Å². The molecule has 0 radical (unpaired) electrons. The number of esters is 1. The van der Waals surface area contributed by atoms with Gasteiger partial charge in [-0.05, 0) is 6.92 Å². The summed E-state index contributed by atoms with van der Waals surface area (Å²) in [4.78, 5) is 11.3. The van der Waals surface area contributed by atoms with Gasteiger partial charge in [-0.25, -0.2) is 0 Å². The van der Waals surface area contributed by atoms with E-state index in [1.165, 1.54) is 0 Å². The molecular formula is C13H20O4. The molecule has 4 nitrogen and oxygen atoms in total. The van der Waals surface area contributed by atoms with Gasteiger partial charge in [-0.2, -0.15) is 0 Å². The first kappa shape index (κ1) is 12.6. The van der Waals surface area contributed by atoms with Crippen LogP contribution in [0.5, 0.6) is 0 Å². The van der Waals surface area contributed by atoms with Crippen molar-refractivity contribution in [1.82, 2.24) is 0 Å². The molecule has 0 aromatic heterocycles. The Hall–Kier alpha value is -0.870. The molecule has 0 N–H and O–H groups in total. The summed E-state index contributed by atoms with van der Waals surface area (Å²) in [5.74, 6) is 0.453. The number of hydrogen-bond acceptors (Lipinski definition) is 4. The van der Waals surface area contributed by atoms with E-state index < -0.39 is 0 Å². The SMILES string of the molecule is COC(C)/C=C/[C@H]1C(OC)CC2OC(=O)C[C@@H]21. The van der Waals surface area contributed by atoms with Gasteiger partial charge >= 0.3 is 5.97 Å². The van der Waals surface area contributed by atoms with E-state index in [0.717, 1.165) is 6.42 Å². The normalized spacial score (nSPS) is 38.4. The molecule has 1 saturated heterocycles. The zero-order chi connectivity index (χ0) is 12.4. The van der Waals surface area contributed by atoms with E-state index in [1.54, 1.807) is 14.2 Å². The van der Waals surface area contributed by atoms with Crippen molar-refractivity contribution in [3.05, 3.63) is 12.2 Å². The molecule has 3 unspecified atom stereocenters. The first-order valence-electron chi connectivity index (χ1n) is 6.09. The number of ether oxygens (including phenoxy) is 3. The van der Waals surface area contributed by atoms with E-state index in [2.05, 4.69) is 6.08 Å². The van der Waals surface area contributed by atoms with Gasteiger partial charge < -0.3 is 14.2 Å². The largest absolute Gasteiger partial charge is 0.462 e. The Morgan fingerprint density at radius 2 is 2.24 bits per heavy atom. The summed E-state index contributed by atoms with van der Waals surface area (Å²) in [6, 6.07) is 0. The molecule has 96 valence electrons. The highest BCUT2D eigenvalue weighted by Crippen LogP contribution is 2.43. The molecule has 1 aliphatic heterocycles.